The Hall–Kier alpha value is -1.18. The van der Waals surface area contributed by atoms with Crippen LogP contribution < -0.4 is 39.4 Å². The molecule has 3 rings (SSSR count). The Labute approximate surface area is 201 Å². The Bertz CT molecular complexity index is 922. The zero-order valence-electron chi connectivity index (χ0n) is 17.6. The summed E-state index contributed by atoms with van der Waals surface area (Å²) < 4.78 is 27.3. The van der Waals surface area contributed by atoms with E-state index < -0.39 is 16.0 Å². The summed E-state index contributed by atoms with van der Waals surface area (Å²) in [4.78, 5) is 10.7. The van der Waals surface area contributed by atoms with Crippen molar-refractivity contribution in [3.8, 4) is 0 Å². The molecule has 1 aliphatic rings. The van der Waals surface area contributed by atoms with Crippen LogP contribution in [-0.4, -0.2) is 20.1 Å². The van der Waals surface area contributed by atoms with E-state index in [1.807, 2.05) is 12.1 Å². The van der Waals surface area contributed by atoms with E-state index in [0.29, 0.717) is 17.9 Å². The normalized spacial score (nSPS) is 14.8. The number of carbonyl (C=O) groups excluding carboxylic acids is 1. The van der Waals surface area contributed by atoms with Gasteiger partial charge in [-0.2, -0.15) is 0 Å². The summed E-state index contributed by atoms with van der Waals surface area (Å²) in [5.41, 5.74) is 3.71. The van der Waals surface area contributed by atoms with Crippen LogP contribution in [0.4, 0.5) is 0 Å². The van der Waals surface area contributed by atoms with Crippen LogP contribution in [0.1, 0.15) is 60.3 Å². The number of hydrogen-bond acceptors (Lipinski definition) is 4. The molecule has 30 heavy (non-hydrogen) atoms. The number of aliphatic carboxylic acids is 1. The Kier molecular flexibility index (Phi) is 10.0. The van der Waals surface area contributed by atoms with Crippen LogP contribution in [0.15, 0.2) is 48.5 Å². The van der Waals surface area contributed by atoms with Crippen molar-refractivity contribution in [3.05, 3.63) is 70.8 Å². The van der Waals surface area contributed by atoms with Crippen LogP contribution in [0.3, 0.4) is 0 Å². The van der Waals surface area contributed by atoms with Gasteiger partial charge in [0.15, 0.2) is 0 Å². The predicted octanol–water partition coefficient (Wildman–Crippen LogP) is -0.307. The maximum absolute atomic E-state index is 12.3. The molecular formula is C23H28NNaO4S. The first-order chi connectivity index (χ1) is 13.9. The largest absolute Gasteiger partial charge is 1.00 e. The zero-order valence-corrected chi connectivity index (χ0v) is 20.4. The van der Waals surface area contributed by atoms with Gasteiger partial charge in [0.2, 0.25) is 10.0 Å². The molecule has 0 saturated heterocycles. The molecule has 1 fully saturated rings. The molecule has 2 aromatic carbocycles. The fraction of sp³-hybridized carbons (Fsp3) is 0.435. The van der Waals surface area contributed by atoms with E-state index in [0.717, 1.165) is 11.1 Å². The zero-order chi connectivity index (χ0) is 20.7. The van der Waals surface area contributed by atoms with Crippen molar-refractivity contribution in [3.63, 3.8) is 0 Å². The van der Waals surface area contributed by atoms with Gasteiger partial charge in [-0.25, -0.2) is 13.1 Å². The third-order valence-electron chi connectivity index (χ3n) is 5.55. The number of aryl methyl sites for hydroxylation is 1. The summed E-state index contributed by atoms with van der Waals surface area (Å²) in [5.74, 6) is -0.484. The van der Waals surface area contributed by atoms with Crippen molar-refractivity contribution >= 4 is 16.0 Å². The van der Waals surface area contributed by atoms with Gasteiger partial charge in [0.05, 0.1) is 5.75 Å². The van der Waals surface area contributed by atoms with Crippen LogP contribution in [0, 0.1) is 0 Å². The molecular weight excluding hydrogens is 409 g/mol. The maximum atomic E-state index is 12.3. The average Bonchev–Trinajstić information content (AvgIpc) is 2.72. The van der Waals surface area contributed by atoms with Gasteiger partial charge in [0, 0.05) is 18.9 Å². The molecule has 7 heteroatoms. The molecule has 1 aliphatic carbocycles. The first-order valence-electron chi connectivity index (χ1n) is 10.3. The van der Waals surface area contributed by atoms with Crippen molar-refractivity contribution in [1.29, 1.82) is 0 Å². The molecule has 0 spiro atoms. The maximum Gasteiger partial charge on any atom is 1.00 e. The molecule has 1 saturated carbocycles. The molecule has 156 valence electrons. The van der Waals surface area contributed by atoms with Gasteiger partial charge in [0.1, 0.15) is 0 Å². The van der Waals surface area contributed by atoms with Gasteiger partial charge >= 0.3 is 29.6 Å². The van der Waals surface area contributed by atoms with Gasteiger partial charge in [-0.3, -0.25) is 0 Å². The molecule has 0 atom stereocenters. The average molecular weight is 438 g/mol. The summed E-state index contributed by atoms with van der Waals surface area (Å²) in [7, 11) is -3.42. The first kappa shape index (κ1) is 25.1. The number of rotatable bonds is 9. The van der Waals surface area contributed by atoms with Crippen molar-refractivity contribution in [2.75, 3.05) is 5.75 Å². The van der Waals surface area contributed by atoms with Crippen LogP contribution in [0.5, 0.6) is 0 Å². The number of carboxylic acid groups (broad SMARTS) is 1. The van der Waals surface area contributed by atoms with E-state index in [9.17, 15) is 18.3 Å². The monoisotopic (exact) mass is 437 g/mol. The summed E-state index contributed by atoms with van der Waals surface area (Å²) in [6, 6.07) is 15.2. The van der Waals surface area contributed by atoms with Gasteiger partial charge < -0.3 is 9.90 Å². The van der Waals surface area contributed by atoms with E-state index in [2.05, 4.69) is 16.9 Å². The number of carboxylic acids is 1. The molecule has 0 aromatic heterocycles. The van der Waals surface area contributed by atoms with Crippen molar-refractivity contribution in [2.24, 2.45) is 0 Å². The molecule has 5 nitrogen and oxygen atoms in total. The van der Waals surface area contributed by atoms with Crippen molar-refractivity contribution in [1.82, 2.24) is 4.72 Å². The smallest absolute Gasteiger partial charge is 0.550 e. The van der Waals surface area contributed by atoms with Crippen molar-refractivity contribution < 1.29 is 47.9 Å². The van der Waals surface area contributed by atoms with Gasteiger partial charge in [-0.15, -0.1) is 0 Å². The summed E-state index contributed by atoms with van der Waals surface area (Å²) in [6.07, 6.45) is 6.71. The fourth-order valence-corrected chi connectivity index (χ4v) is 4.96. The van der Waals surface area contributed by atoms with E-state index in [-0.39, 0.29) is 48.3 Å². The van der Waals surface area contributed by atoms with E-state index in [1.165, 1.54) is 37.7 Å². The summed E-state index contributed by atoms with van der Waals surface area (Å²) >= 11 is 0. The SMILES string of the molecule is O=C([O-])Cc1cccc(CNS(=O)(=O)CCc2ccc(C3CCCCC3)cc2)c1.[Na+]. The summed E-state index contributed by atoms with van der Waals surface area (Å²) in [5, 5.41) is 10.7. The summed E-state index contributed by atoms with van der Waals surface area (Å²) in [6.45, 7) is 0.143. The minimum Gasteiger partial charge on any atom is -0.550 e. The van der Waals surface area contributed by atoms with Gasteiger partial charge in [-0.1, -0.05) is 67.8 Å². The van der Waals surface area contributed by atoms with E-state index in [1.54, 1.807) is 24.3 Å². The van der Waals surface area contributed by atoms with E-state index >= 15 is 0 Å². The van der Waals surface area contributed by atoms with E-state index in [4.69, 9.17) is 0 Å². The molecule has 0 radical (unpaired) electrons. The number of carbonyl (C=O) groups is 1. The topological polar surface area (TPSA) is 86.3 Å². The molecule has 2 aromatic rings. The Morgan fingerprint density at radius 2 is 1.63 bits per heavy atom. The van der Waals surface area contributed by atoms with Crippen LogP contribution in [0.2, 0.25) is 0 Å². The molecule has 0 aliphatic heterocycles. The molecule has 0 bridgehead atoms. The van der Waals surface area contributed by atoms with Gasteiger partial charge in [0.25, 0.3) is 0 Å². The van der Waals surface area contributed by atoms with Gasteiger partial charge in [-0.05, 0) is 47.4 Å². The third-order valence-corrected chi connectivity index (χ3v) is 6.88. The first-order valence-corrected chi connectivity index (χ1v) is 11.9. The predicted molar refractivity (Wildman–Crippen MR) is 112 cm³/mol. The minimum absolute atomic E-state index is 0. The molecule has 0 amide bonds. The molecule has 0 heterocycles. The quantitative estimate of drug-likeness (QED) is 0.546. The Morgan fingerprint density at radius 3 is 2.30 bits per heavy atom. The second kappa shape index (κ2) is 12.0. The standard InChI is InChI=1S/C23H29NO4S.Na/c25-23(26)16-19-5-4-6-20(15-19)17-24-29(27,28)14-13-18-9-11-22(12-10-18)21-7-2-1-3-8-21;/h4-6,9-12,15,21,24H,1-3,7-8,13-14,16-17H2,(H,25,26);/q;+1/p-1. The molecule has 1 N–H and O–H groups in total. The minimum atomic E-state index is -3.42. The van der Waals surface area contributed by atoms with Crippen LogP contribution >= 0.6 is 0 Å². The number of nitrogens with one attached hydrogen (secondary N) is 1. The number of benzene rings is 2. The van der Waals surface area contributed by atoms with Crippen LogP contribution in [-0.2, 0) is 34.2 Å². The number of sulfonamides is 1. The van der Waals surface area contributed by atoms with Crippen LogP contribution in [0.25, 0.3) is 0 Å². The third kappa shape index (κ3) is 8.16. The second-order valence-corrected chi connectivity index (χ2v) is 9.76. The Balaban J connectivity index is 0.00000320. The van der Waals surface area contributed by atoms with Crippen molar-refractivity contribution in [2.45, 2.75) is 57.4 Å². The number of hydrogen-bond donors (Lipinski definition) is 1. The Morgan fingerprint density at radius 1 is 0.967 bits per heavy atom. The molecule has 0 unspecified atom stereocenters. The second-order valence-electron chi connectivity index (χ2n) is 7.84. The fourth-order valence-electron chi connectivity index (χ4n) is 3.93.